The Morgan fingerprint density at radius 2 is 1.86 bits per heavy atom. The minimum Gasteiger partial charge on any atom is -0.393 e. The van der Waals surface area contributed by atoms with Crippen LogP contribution in [-0.4, -0.2) is 42.7 Å². The molecular formula is C18H28N2O2. The predicted octanol–water partition coefficient (Wildman–Crippen LogP) is 2.35. The summed E-state index contributed by atoms with van der Waals surface area (Å²) in [6.07, 6.45) is 3.75. The summed E-state index contributed by atoms with van der Waals surface area (Å²) in [6, 6.07) is 10.2. The molecule has 0 radical (unpaired) electrons. The van der Waals surface area contributed by atoms with Gasteiger partial charge in [0, 0.05) is 5.92 Å². The molecule has 1 amide bonds. The number of rotatable bonds is 6. The van der Waals surface area contributed by atoms with Crippen LogP contribution in [-0.2, 0) is 4.79 Å². The predicted molar refractivity (Wildman–Crippen MR) is 88.5 cm³/mol. The summed E-state index contributed by atoms with van der Waals surface area (Å²) in [5.41, 5.74) is 1.16. The van der Waals surface area contributed by atoms with Crippen LogP contribution in [0.5, 0.6) is 0 Å². The van der Waals surface area contributed by atoms with Crippen molar-refractivity contribution in [1.82, 2.24) is 10.2 Å². The minimum absolute atomic E-state index is 0.0500. The van der Waals surface area contributed by atoms with Crippen LogP contribution < -0.4 is 5.32 Å². The normalized spacial score (nSPS) is 23.3. The summed E-state index contributed by atoms with van der Waals surface area (Å²) in [6.45, 7) is 0.934. The van der Waals surface area contributed by atoms with Gasteiger partial charge in [0.1, 0.15) is 0 Å². The monoisotopic (exact) mass is 304 g/mol. The van der Waals surface area contributed by atoms with Crippen LogP contribution in [0.3, 0.4) is 0 Å². The lowest BCUT2D eigenvalue weighted by Gasteiger charge is -2.28. The molecule has 0 bridgehead atoms. The molecular weight excluding hydrogens is 276 g/mol. The highest BCUT2D eigenvalue weighted by Gasteiger charge is 2.27. The number of aliphatic hydroxyl groups excluding tert-OH is 1. The van der Waals surface area contributed by atoms with E-state index in [4.69, 9.17) is 0 Å². The van der Waals surface area contributed by atoms with Crippen molar-refractivity contribution in [3.8, 4) is 0 Å². The van der Waals surface area contributed by atoms with Gasteiger partial charge in [0.25, 0.3) is 0 Å². The summed E-state index contributed by atoms with van der Waals surface area (Å²) in [5.74, 6) is 0.188. The second-order valence-electron chi connectivity index (χ2n) is 6.57. The molecule has 4 heteroatoms. The third-order valence-corrected chi connectivity index (χ3v) is 4.45. The highest BCUT2D eigenvalue weighted by molar-refractivity contribution is 5.79. The quantitative estimate of drug-likeness (QED) is 0.848. The van der Waals surface area contributed by atoms with E-state index in [1.54, 1.807) is 0 Å². The Hall–Kier alpha value is -1.39. The maximum atomic E-state index is 12.5. The number of nitrogens with zero attached hydrogens (tertiary/aromatic N) is 1. The molecule has 1 fully saturated rings. The van der Waals surface area contributed by atoms with Gasteiger partial charge in [0.15, 0.2) is 0 Å². The topological polar surface area (TPSA) is 52.6 Å². The molecule has 0 aromatic heterocycles. The molecule has 0 aliphatic heterocycles. The van der Waals surface area contributed by atoms with Crippen molar-refractivity contribution in [2.75, 3.05) is 20.6 Å². The van der Waals surface area contributed by atoms with Crippen LogP contribution in [0.4, 0.5) is 0 Å². The molecule has 1 atom stereocenters. The van der Waals surface area contributed by atoms with E-state index in [-0.39, 0.29) is 24.0 Å². The average molecular weight is 304 g/mol. The van der Waals surface area contributed by atoms with Crippen molar-refractivity contribution in [1.29, 1.82) is 0 Å². The SMILES string of the molecule is CN(C)CC[C@H](NC(=O)C1CCC(O)CC1)c1ccccc1. The fourth-order valence-corrected chi connectivity index (χ4v) is 3.02. The zero-order valence-corrected chi connectivity index (χ0v) is 13.7. The molecule has 0 spiro atoms. The van der Waals surface area contributed by atoms with Gasteiger partial charge in [-0.05, 0) is 58.3 Å². The lowest BCUT2D eigenvalue weighted by molar-refractivity contribution is -0.127. The Morgan fingerprint density at radius 1 is 1.23 bits per heavy atom. The molecule has 4 nitrogen and oxygen atoms in total. The van der Waals surface area contributed by atoms with Crippen LogP contribution in [0.15, 0.2) is 30.3 Å². The van der Waals surface area contributed by atoms with E-state index in [1.807, 2.05) is 32.3 Å². The molecule has 2 rings (SSSR count). The van der Waals surface area contributed by atoms with Crippen LogP contribution >= 0.6 is 0 Å². The Kier molecular flexibility index (Phi) is 6.40. The van der Waals surface area contributed by atoms with Crippen molar-refractivity contribution >= 4 is 5.91 Å². The van der Waals surface area contributed by atoms with Gasteiger partial charge in [0.05, 0.1) is 12.1 Å². The highest BCUT2D eigenvalue weighted by Crippen LogP contribution is 2.26. The molecule has 1 aromatic rings. The van der Waals surface area contributed by atoms with Crippen LogP contribution in [0.1, 0.15) is 43.7 Å². The van der Waals surface area contributed by atoms with Gasteiger partial charge in [0.2, 0.25) is 5.91 Å². The number of hydrogen-bond acceptors (Lipinski definition) is 3. The number of carbonyl (C=O) groups excluding carboxylic acids is 1. The smallest absolute Gasteiger partial charge is 0.223 e. The van der Waals surface area contributed by atoms with Crippen molar-refractivity contribution in [2.24, 2.45) is 5.92 Å². The maximum Gasteiger partial charge on any atom is 0.223 e. The van der Waals surface area contributed by atoms with Gasteiger partial charge < -0.3 is 15.3 Å². The molecule has 0 unspecified atom stereocenters. The summed E-state index contributed by atoms with van der Waals surface area (Å²) < 4.78 is 0. The maximum absolute atomic E-state index is 12.5. The summed E-state index contributed by atoms with van der Waals surface area (Å²) >= 11 is 0. The number of benzene rings is 1. The molecule has 122 valence electrons. The fraction of sp³-hybridized carbons (Fsp3) is 0.611. The van der Waals surface area contributed by atoms with Crippen molar-refractivity contribution < 1.29 is 9.90 Å². The first-order valence-corrected chi connectivity index (χ1v) is 8.24. The lowest BCUT2D eigenvalue weighted by atomic mass is 9.86. The Balaban J connectivity index is 1.98. The Labute approximate surface area is 133 Å². The minimum atomic E-state index is -0.220. The van der Waals surface area contributed by atoms with Crippen molar-refractivity contribution in [2.45, 2.75) is 44.2 Å². The highest BCUT2D eigenvalue weighted by atomic mass is 16.3. The molecule has 22 heavy (non-hydrogen) atoms. The number of hydrogen-bond donors (Lipinski definition) is 2. The molecule has 1 aliphatic carbocycles. The first-order valence-electron chi connectivity index (χ1n) is 8.24. The third kappa shape index (κ3) is 5.11. The first-order chi connectivity index (χ1) is 10.6. The van der Waals surface area contributed by atoms with Gasteiger partial charge in [-0.25, -0.2) is 0 Å². The van der Waals surface area contributed by atoms with E-state index in [9.17, 15) is 9.90 Å². The van der Waals surface area contributed by atoms with E-state index >= 15 is 0 Å². The van der Waals surface area contributed by atoms with Crippen molar-refractivity contribution in [3.05, 3.63) is 35.9 Å². The lowest BCUT2D eigenvalue weighted by Crippen LogP contribution is -2.37. The molecule has 0 heterocycles. The second-order valence-corrected chi connectivity index (χ2v) is 6.57. The van der Waals surface area contributed by atoms with Crippen LogP contribution in [0.25, 0.3) is 0 Å². The van der Waals surface area contributed by atoms with Gasteiger partial charge in [-0.1, -0.05) is 30.3 Å². The number of aliphatic hydroxyl groups is 1. The standard InChI is InChI=1S/C18H28N2O2/c1-20(2)13-12-17(14-6-4-3-5-7-14)19-18(22)15-8-10-16(21)11-9-15/h3-7,15-17,21H,8-13H2,1-2H3,(H,19,22)/t15?,16?,17-/m0/s1. The largest absolute Gasteiger partial charge is 0.393 e. The molecule has 1 saturated carbocycles. The number of amides is 1. The second kappa shape index (κ2) is 8.30. The van der Waals surface area contributed by atoms with E-state index < -0.39 is 0 Å². The van der Waals surface area contributed by atoms with Crippen LogP contribution in [0.2, 0.25) is 0 Å². The summed E-state index contributed by atoms with van der Waals surface area (Å²) in [5, 5.41) is 12.8. The Bertz CT molecular complexity index is 453. The van der Waals surface area contributed by atoms with Gasteiger partial charge >= 0.3 is 0 Å². The van der Waals surface area contributed by atoms with E-state index in [0.29, 0.717) is 0 Å². The number of nitrogens with one attached hydrogen (secondary N) is 1. The van der Waals surface area contributed by atoms with Gasteiger partial charge in [-0.2, -0.15) is 0 Å². The van der Waals surface area contributed by atoms with Gasteiger partial charge in [-0.15, -0.1) is 0 Å². The molecule has 1 aliphatic rings. The molecule has 1 aromatic carbocycles. The van der Waals surface area contributed by atoms with E-state index in [0.717, 1.165) is 44.2 Å². The van der Waals surface area contributed by atoms with E-state index in [1.165, 1.54) is 0 Å². The van der Waals surface area contributed by atoms with Crippen LogP contribution in [0, 0.1) is 5.92 Å². The number of carbonyl (C=O) groups is 1. The van der Waals surface area contributed by atoms with Crippen molar-refractivity contribution in [3.63, 3.8) is 0 Å². The Morgan fingerprint density at radius 3 is 2.45 bits per heavy atom. The molecule has 2 N–H and O–H groups in total. The zero-order valence-electron chi connectivity index (χ0n) is 13.7. The summed E-state index contributed by atoms with van der Waals surface area (Å²) in [4.78, 5) is 14.7. The van der Waals surface area contributed by atoms with Gasteiger partial charge in [-0.3, -0.25) is 4.79 Å². The average Bonchev–Trinajstić information content (AvgIpc) is 2.52. The third-order valence-electron chi connectivity index (χ3n) is 4.45. The summed E-state index contributed by atoms with van der Waals surface area (Å²) in [7, 11) is 4.10. The zero-order chi connectivity index (χ0) is 15.9. The van der Waals surface area contributed by atoms with E-state index in [2.05, 4.69) is 22.3 Å². The fourth-order valence-electron chi connectivity index (χ4n) is 3.02. The first kappa shape index (κ1) is 17.0. The molecule has 0 saturated heterocycles.